The van der Waals surface area contributed by atoms with Crippen molar-refractivity contribution >= 4 is 32.2 Å². The van der Waals surface area contributed by atoms with Gasteiger partial charge in [0.2, 0.25) is 5.91 Å². The summed E-state index contributed by atoms with van der Waals surface area (Å²) in [5.41, 5.74) is 1.64. The molecule has 0 bridgehead atoms. The molecule has 1 heterocycles. The van der Waals surface area contributed by atoms with E-state index in [9.17, 15) is 13.2 Å². The van der Waals surface area contributed by atoms with Crippen molar-refractivity contribution in [2.24, 2.45) is 0 Å². The van der Waals surface area contributed by atoms with Crippen LogP contribution in [0.5, 0.6) is 11.5 Å². The van der Waals surface area contributed by atoms with Gasteiger partial charge in [-0.15, -0.1) is 11.3 Å². The molecule has 7 nitrogen and oxygen atoms in total. The van der Waals surface area contributed by atoms with Gasteiger partial charge in [-0.25, -0.2) is 13.4 Å². The molecule has 0 unspecified atom stereocenters. The lowest BCUT2D eigenvalue weighted by Gasteiger charge is -2.08. The highest BCUT2D eigenvalue weighted by Gasteiger charge is 2.12. The smallest absolute Gasteiger partial charge is 0.226 e. The largest absolute Gasteiger partial charge is 0.494 e. The zero-order valence-corrected chi connectivity index (χ0v) is 19.0. The molecule has 3 aromatic rings. The molecule has 0 saturated heterocycles. The quantitative estimate of drug-likeness (QED) is 0.450. The van der Waals surface area contributed by atoms with Crippen LogP contribution in [0, 0.1) is 0 Å². The van der Waals surface area contributed by atoms with Crippen LogP contribution in [-0.4, -0.2) is 38.8 Å². The van der Waals surface area contributed by atoms with Gasteiger partial charge in [0.25, 0.3) is 0 Å². The second-order valence-corrected chi connectivity index (χ2v) is 9.58. The molecule has 0 aliphatic heterocycles. The normalized spacial score (nSPS) is 11.2. The summed E-state index contributed by atoms with van der Waals surface area (Å²) in [6.45, 7) is 2.84. The molecular formula is C22H24N2O5S2. The second kappa shape index (κ2) is 10.4. The number of ether oxygens (including phenoxy) is 2. The van der Waals surface area contributed by atoms with Gasteiger partial charge in [0, 0.05) is 23.6 Å². The Kier molecular flexibility index (Phi) is 7.64. The Hall–Kier alpha value is -2.91. The molecule has 0 spiro atoms. The maximum Gasteiger partial charge on any atom is 0.226 e. The molecule has 2 aromatic carbocycles. The van der Waals surface area contributed by atoms with Crippen molar-refractivity contribution in [3.63, 3.8) is 0 Å². The minimum Gasteiger partial charge on any atom is -0.494 e. The van der Waals surface area contributed by atoms with Gasteiger partial charge in [0.15, 0.2) is 15.0 Å². The first-order valence-corrected chi connectivity index (χ1v) is 12.5. The van der Waals surface area contributed by atoms with Crippen LogP contribution in [0.15, 0.2) is 58.8 Å². The number of hydrogen-bond donors (Lipinski definition) is 1. The minimum atomic E-state index is -3.23. The van der Waals surface area contributed by atoms with Gasteiger partial charge in [-0.1, -0.05) is 12.1 Å². The van der Waals surface area contributed by atoms with Crippen molar-refractivity contribution in [1.29, 1.82) is 0 Å². The van der Waals surface area contributed by atoms with Gasteiger partial charge >= 0.3 is 0 Å². The van der Waals surface area contributed by atoms with Crippen molar-refractivity contribution in [2.45, 2.75) is 24.7 Å². The average Bonchev–Trinajstić information content (AvgIpc) is 3.20. The average molecular weight is 461 g/mol. The van der Waals surface area contributed by atoms with Gasteiger partial charge in [-0.2, -0.15) is 0 Å². The van der Waals surface area contributed by atoms with Gasteiger partial charge in [-0.3, -0.25) is 4.79 Å². The number of benzene rings is 2. The summed E-state index contributed by atoms with van der Waals surface area (Å²) in [6, 6.07) is 13.9. The summed E-state index contributed by atoms with van der Waals surface area (Å²) in [6.07, 6.45) is 1.96. The topological polar surface area (TPSA) is 94.6 Å². The Morgan fingerprint density at radius 1 is 1.10 bits per heavy atom. The van der Waals surface area contributed by atoms with Gasteiger partial charge in [0.05, 0.1) is 23.8 Å². The maximum atomic E-state index is 12.2. The van der Waals surface area contributed by atoms with E-state index >= 15 is 0 Å². The van der Waals surface area contributed by atoms with E-state index in [0.29, 0.717) is 30.5 Å². The lowest BCUT2D eigenvalue weighted by Crippen LogP contribution is -2.12. The molecule has 0 aliphatic carbocycles. The zero-order chi connectivity index (χ0) is 22.3. The lowest BCUT2D eigenvalue weighted by molar-refractivity contribution is -0.116. The van der Waals surface area contributed by atoms with Crippen molar-refractivity contribution in [3.05, 3.63) is 53.9 Å². The Balaban J connectivity index is 1.47. The van der Waals surface area contributed by atoms with E-state index in [4.69, 9.17) is 9.47 Å². The number of hydrogen-bond acceptors (Lipinski definition) is 7. The molecule has 3 rings (SSSR count). The van der Waals surface area contributed by atoms with Crippen LogP contribution >= 0.6 is 11.3 Å². The molecule has 31 heavy (non-hydrogen) atoms. The third-order valence-corrected chi connectivity index (χ3v) is 6.17. The van der Waals surface area contributed by atoms with E-state index in [-0.39, 0.29) is 17.2 Å². The molecule has 0 radical (unpaired) electrons. The molecule has 9 heteroatoms. The number of aromatic nitrogens is 1. The highest BCUT2D eigenvalue weighted by Crippen LogP contribution is 2.32. The van der Waals surface area contributed by atoms with E-state index in [0.717, 1.165) is 23.3 Å². The molecule has 0 saturated carbocycles. The number of nitrogens with zero attached hydrogens (tertiary/aromatic N) is 1. The Bertz CT molecular complexity index is 1120. The molecule has 0 atom stereocenters. The summed E-state index contributed by atoms with van der Waals surface area (Å²) in [4.78, 5) is 16.9. The third-order valence-electron chi connectivity index (χ3n) is 4.28. The van der Waals surface area contributed by atoms with Crippen molar-refractivity contribution in [2.75, 3.05) is 24.8 Å². The van der Waals surface area contributed by atoms with E-state index in [1.165, 1.54) is 23.5 Å². The predicted molar refractivity (Wildman–Crippen MR) is 122 cm³/mol. The van der Waals surface area contributed by atoms with E-state index in [2.05, 4.69) is 10.3 Å². The summed E-state index contributed by atoms with van der Waals surface area (Å²) in [7, 11) is -3.23. The first kappa shape index (κ1) is 22.8. The highest BCUT2D eigenvalue weighted by molar-refractivity contribution is 7.90. The summed E-state index contributed by atoms with van der Waals surface area (Å²) < 4.78 is 34.1. The third kappa shape index (κ3) is 6.53. The van der Waals surface area contributed by atoms with Crippen LogP contribution in [-0.2, 0) is 14.6 Å². The Morgan fingerprint density at radius 2 is 1.84 bits per heavy atom. The van der Waals surface area contributed by atoms with Gasteiger partial charge in [-0.05, 0) is 49.7 Å². The fraction of sp³-hybridized carbons (Fsp3) is 0.273. The van der Waals surface area contributed by atoms with Crippen LogP contribution in [0.25, 0.3) is 11.3 Å². The summed E-state index contributed by atoms with van der Waals surface area (Å²) in [5, 5.41) is 5.23. The van der Waals surface area contributed by atoms with Crippen molar-refractivity contribution in [1.82, 2.24) is 4.98 Å². The number of rotatable bonds is 10. The predicted octanol–water partition coefficient (Wildman–Crippen LogP) is 4.41. The molecule has 1 N–H and O–H groups in total. The molecular weight excluding hydrogens is 436 g/mol. The number of carbonyl (C=O) groups is 1. The standard InChI is InChI=1S/C22H24N2O5S2/c1-3-28-20-8-5-4-7-18(20)19-15-30-22(23-19)24-21(25)9-6-14-29-16-10-12-17(13-11-16)31(2,26)27/h4-5,7-8,10-13,15H,3,6,9,14H2,1-2H3,(H,23,24,25). The number of anilines is 1. The second-order valence-electron chi connectivity index (χ2n) is 6.71. The zero-order valence-electron chi connectivity index (χ0n) is 17.3. The fourth-order valence-corrected chi connectivity index (χ4v) is 4.16. The Labute approximate surface area is 186 Å². The van der Waals surface area contributed by atoms with Gasteiger partial charge in [0.1, 0.15) is 11.5 Å². The number of amides is 1. The molecule has 0 fully saturated rings. The summed E-state index contributed by atoms with van der Waals surface area (Å²) in [5.74, 6) is 1.18. The van der Waals surface area contributed by atoms with E-state index in [1.54, 1.807) is 12.1 Å². The minimum absolute atomic E-state index is 0.144. The molecule has 1 amide bonds. The van der Waals surface area contributed by atoms with Gasteiger partial charge < -0.3 is 14.8 Å². The molecule has 0 aliphatic rings. The van der Waals surface area contributed by atoms with Crippen molar-refractivity contribution in [3.8, 4) is 22.8 Å². The number of sulfone groups is 1. The van der Waals surface area contributed by atoms with E-state index < -0.39 is 9.84 Å². The fourth-order valence-electron chi connectivity index (χ4n) is 2.80. The van der Waals surface area contributed by atoms with Crippen LogP contribution < -0.4 is 14.8 Å². The SMILES string of the molecule is CCOc1ccccc1-c1csc(NC(=O)CCCOc2ccc(S(C)(=O)=O)cc2)n1. The number of para-hydroxylation sites is 1. The van der Waals surface area contributed by atoms with Crippen molar-refractivity contribution < 1.29 is 22.7 Å². The summed E-state index contributed by atoms with van der Waals surface area (Å²) >= 11 is 1.36. The monoisotopic (exact) mass is 460 g/mol. The first-order chi connectivity index (χ1) is 14.9. The van der Waals surface area contributed by atoms with Crippen LogP contribution in [0.1, 0.15) is 19.8 Å². The molecule has 1 aromatic heterocycles. The number of thiazole rings is 1. The van der Waals surface area contributed by atoms with Crippen LogP contribution in [0.3, 0.4) is 0 Å². The number of carbonyl (C=O) groups excluding carboxylic acids is 1. The maximum absolute atomic E-state index is 12.2. The lowest BCUT2D eigenvalue weighted by atomic mass is 10.1. The first-order valence-electron chi connectivity index (χ1n) is 9.77. The van der Waals surface area contributed by atoms with Crippen LogP contribution in [0.2, 0.25) is 0 Å². The Morgan fingerprint density at radius 3 is 2.55 bits per heavy atom. The number of nitrogens with one attached hydrogen (secondary N) is 1. The molecule has 164 valence electrons. The van der Waals surface area contributed by atoms with E-state index in [1.807, 2.05) is 36.6 Å². The highest BCUT2D eigenvalue weighted by atomic mass is 32.2. The van der Waals surface area contributed by atoms with Crippen LogP contribution in [0.4, 0.5) is 5.13 Å².